The second-order valence-corrected chi connectivity index (χ2v) is 5.02. The Bertz CT molecular complexity index is 280. The van der Waals surface area contributed by atoms with Gasteiger partial charge in [0.05, 0.1) is 0 Å². The van der Waals surface area contributed by atoms with Gasteiger partial charge >= 0.3 is 0 Å². The van der Waals surface area contributed by atoms with E-state index in [4.69, 9.17) is 0 Å². The van der Waals surface area contributed by atoms with Crippen LogP contribution in [0.4, 0.5) is 0 Å². The Balaban J connectivity index is 5.26. The molecule has 3 atom stereocenters. The van der Waals surface area contributed by atoms with Crippen LogP contribution in [0.3, 0.4) is 0 Å². The molecule has 0 aliphatic carbocycles. The van der Waals surface area contributed by atoms with Crippen molar-refractivity contribution in [3.63, 3.8) is 0 Å². The summed E-state index contributed by atoms with van der Waals surface area (Å²) in [6.45, 7) is 17.5. The van der Waals surface area contributed by atoms with Crippen LogP contribution in [0.25, 0.3) is 0 Å². The normalized spacial score (nSPS) is 18.1. The first-order chi connectivity index (χ1) is 8.03. The lowest BCUT2D eigenvalue weighted by atomic mass is 9.74. The average molecular weight is 234 g/mol. The molecule has 0 N–H and O–H groups in total. The number of allylic oxidation sites excluding steroid dienone is 5. The van der Waals surface area contributed by atoms with E-state index in [1.54, 1.807) is 5.57 Å². The van der Waals surface area contributed by atoms with Crippen LogP contribution >= 0.6 is 0 Å². The quantitative estimate of drug-likeness (QED) is 0.490. The van der Waals surface area contributed by atoms with Gasteiger partial charge in [0.2, 0.25) is 0 Å². The van der Waals surface area contributed by atoms with Gasteiger partial charge in [-0.15, -0.1) is 0 Å². The van der Waals surface area contributed by atoms with E-state index < -0.39 is 0 Å². The zero-order valence-electron chi connectivity index (χ0n) is 12.6. The highest BCUT2D eigenvalue weighted by molar-refractivity contribution is 5.23. The van der Waals surface area contributed by atoms with Gasteiger partial charge in [-0.3, -0.25) is 0 Å². The second kappa shape index (κ2) is 8.33. The molecule has 0 radical (unpaired) electrons. The predicted molar refractivity (Wildman–Crippen MR) is 80.1 cm³/mol. The van der Waals surface area contributed by atoms with Crippen molar-refractivity contribution >= 4 is 0 Å². The molecule has 0 spiro atoms. The van der Waals surface area contributed by atoms with Crippen LogP contribution in [-0.2, 0) is 0 Å². The van der Waals surface area contributed by atoms with Crippen molar-refractivity contribution in [2.24, 2.45) is 17.8 Å². The van der Waals surface area contributed by atoms with Crippen molar-refractivity contribution < 1.29 is 0 Å². The zero-order valence-corrected chi connectivity index (χ0v) is 12.6. The molecular formula is C17H30. The van der Waals surface area contributed by atoms with E-state index in [0.29, 0.717) is 17.8 Å². The van der Waals surface area contributed by atoms with E-state index in [2.05, 4.69) is 66.3 Å². The predicted octanol–water partition coefficient (Wildman–Crippen LogP) is 5.77. The van der Waals surface area contributed by atoms with Gasteiger partial charge in [0.25, 0.3) is 0 Å². The van der Waals surface area contributed by atoms with Crippen molar-refractivity contribution in [1.82, 2.24) is 0 Å². The second-order valence-electron chi connectivity index (χ2n) is 5.02. The smallest absolute Gasteiger partial charge is 0.00667 e. The Morgan fingerprint density at radius 3 is 2.06 bits per heavy atom. The molecule has 0 aromatic heterocycles. The molecule has 0 saturated heterocycles. The Kier molecular flexibility index (Phi) is 7.95. The molecule has 0 bridgehead atoms. The third-order valence-corrected chi connectivity index (χ3v) is 3.74. The Morgan fingerprint density at radius 2 is 1.76 bits per heavy atom. The maximum Gasteiger partial charge on any atom is 0.00667 e. The van der Waals surface area contributed by atoms with Crippen LogP contribution in [0.1, 0.15) is 54.4 Å². The van der Waals surface area contributed by atoms with Gasteiger partial charge in [0.1, 0.15) is 0 Å². The minimum absolute atomic E-state index is 0.510. The van der Waals surface area contributed by atoms with E-state index in [9.17, 15) is 0 Å². The summed E-state index contributed by atoms with van der Waals surface area (Å²) in [5.41, 5.74) is 2.85. The summed E-state index contributed by atoms with van der Waals surface area (Å²) in [5.74, 6) is 1.76. The number of rotatable bonds is 7. The van der Waals surface area contributed by atoms with Gasteiger partial charge in [-0.2, -0.15) is 0 Å². The van der Waals surface area contributed by atoms with Crippen LogP contribution < -0.4 is 0 Å². The van der Waals surface area contributed by atoms with Gasteiger partial charge in [0.15, 0.2) is 0 Å². The molecule has 0 heteroatoms. The third-order valence-electron chi connectivity index (χ3n) is 3.74. The van der Waals surface area contributed by atoms with Crippen molar-refractivity contribution in [1.29, 1.82) is 0 Å². The SMILES string of the molecule is C=C(C)C(C(=CC)C(C)CC)C(C=CC)CC. The van der Waals surface area contributed by atoms with Crippen LogP contribution in [0.5, 0.6) is 0 Å². The summed E-state index contributed by atoms with van der Waals surface area (Å²) in [4.78, 5) is 0. The van der Waals surface area contributed by atoms with Gasteiger partial charge in [-0.25, -0.2) is 0 Å². The molecule has 0 heterocycles. The number of hydrogen-bond donors (Lipinski definition) is 0. The fourth-order valence-electron chi connectivity index (χ4n) is 2.63. The highest BCUT2D eigenvalue weighted by atomic mass is 14.3. The minimum atomic E-state index is 0.510. The van der Waals surface area contributed by atoms with Gasteiger partial charge in [0, 0.05) is 5.92 Å². The molecular weight excluding hydrogens is 204 g/mol. The topological polar surface area (TPSA) is 0 Å². The Hall–Kier alpha value is -0.780. The maximum atomic E-state index is 4.22. The van der Waals surface area contributed by atoms with Gasteiger partial charge in [-0.1, -0.05) is 56.7 Å². The molecule has 0 nitrogen and oxygen atoms in total. The standard InChI is InChI=1S/C17H30/c1-8-12-15(10-3)17(13(5)6)16(11-4)14(7)9-2/h8,11-12,14-15,17H,5,9-10H2,1-4,6-7H3. The van der Waals surface area contributed by atoms with Crippen LogP contribution in [0, 0.1) is 17.8 Å². The fraction of sp³-hybridized carbons (Fsp3) is 0.647. The molecule has 3 unspecified atom stereocenters. The third kappa shape index (κ3) is 4.53. The maximum absolute atomic E-state index is 4.22. The van der Waals surface area contributed by atoms with E-state index in [1.165, 1.54) is 18.4 Å². The van der Waals surface area contributed by atoms with Crippen molar-refractivity contribution in [2.75, 3.05) is 0 Å². The molecule has 0 saturated carbocycles. The van der Waals surface area contributed by atoms with Gasteiger partial charge in [-0.05, 0) is 45.4 Å². The average Bonchev–Trinajstić information content (AvgIpc) is 2.32. The lowest BCUT2D eigenvalue weighted by Crippen LogP contribution is -2.20. The summed E-state index contributed by atoms with van der Waals surface area (Å²) in [5, 5.41) is 0. The largest absolute Gasteiger partial charge is 0.0995 e. The van der Waals surface area contributed by atoms with E-state index in [1.807, 2.05) is 0 Å². The first-order valence-electron chi connectivity index (χ1n) is 6.97. The monoisotopic (exact) mass is 234 g/mol. The Morgan fingerprint density at radius 1 is 1.18 bits per heavy atom. The first kappa shape index (κ1) is 16.2. The molecule has 0 aliphatic rings. The molecule has 17 heavy (non-hydrogen) atoms. The summed E-state index contributed by atoms with van der Waals surface area (Å²) in [6, 6.07) is 0. The molecule has 98 valence electrons. The minimum Gasteiger partial charge on any atom is -0.0995 e. The molecule has 0 aromatic carbocycles. The summed E-state index contributed by atoms with van der Waals surface area (Å²) >= 11 is 0. The Labute approximate surface area is 109 Å². The summed E-state index contributed by atoms with van der Waals surface area (Å²) < 4.78 is 0. The van der Waals surface area contributed by atoms with Gasteiger partial charge < -0.3 is 0 Å². The van der Waals surface area contributed by atoms with E-state index >= 15 is 0 Å². The van der Waals surface area contributed by atoms with E-state index in [-0.39, 0.29) is 0 Å². The number of hydrogen-bond acceptors (Lipinski definition) is 0. The highest BCUT2D eigenvalue weighted by Crippen LogP contribution is 2.35. The van der Waals surface area contributed by atoms with E-state index in [0.717, 1.165) is 0 Å². The molecule has 0 fully saturated rings. The van der Waals surface area contributed by atoms with Crippen molar-refractivity contribution in [2.45, 2.75) is 54.4 Å². The lowest BCUT2D eigenvalue weighted by molar-refractivity contribution is 0.445. The lowest BCUT2D eigenvalue weighted by Gasteiger charge is -2.30. The highest BCUT2D eigenvalue weighted by Gasteiger charge is 2.24. The van der Waals surface area contributed by atoms with Crippen molar-refractivity contribution in [3.05, 3.63) is 36.0 Å². The van der Waals surface area contributed by atoms with Crippen LogP contribution in [0.2, 0.25) is 0 Å². The summed E-state index contributed by atoms with van der Waals surface area (Å²) in [6.07, 6.45) is 9.20. The molecule has 0 aromatic rings. The summed E-state index contributed by atoms with van der Waals surface area (Å²) in [7, 11) is 0. The van der Waals surface area contributed by atoms with Crippen molar-refractivity contribution in [3.8, 4) is 0 Å². The van der Waals surface area contributed by atoms with Crippen LogP contribution in [0.15, 0.2) is 36.0 Å². The molecule has 0 rings (SSSR count). The zero-order chi connectivity index (χ0) is 13.4. The fourth-order valence-corrected chi connectivity index (χ4v) is 2.63. The molecule has 0 amide bonds. The molecule has 0 aliphatic heterocycles. The first-order valence-corrected chi connectivity index (χ1v) is 6.97. The van der Waals surface area contributed by atoms with Crippen LogP contribution in [-0.4, -0.2) is 0 Å².